The van der Waals surface area contributed by atoms with Gasteiger partial charge in [-0.25, -0.2) is 0 Å². The van der Waals surface area contributed by atoms with E-state index in [9.17, 15) is 0 Å². The van der Waals surface area contributed by atoms with Crippen LogP contribution >= 0.6 is 0 Å². The average molecular weight is 175 g/mol. The molecule has 0 fully saturated rings. The summed E-state index contributed by atoms with van der Waals surface area (Å²) in [5.74, 6) is 0.200. The van der Waals surface area contributed by atoms with Crippen LogP contribution in [0.1, 0.15) is 36.7 Å². The van der Waals surface area contributed by atoms with E-state index in [0.29, 0.717) is 0 Å². The van der Waals surface area contributed by atoms with Crippen LogP contribution in [0.5, 0.6) is 0 Å². The molecule has 1 N–H and O–H groups in total. The van der Waals surface area contributed by atoms with Gasteiger partial charge in [0.1, 0.15) is 0 Å². The van der Waals surface area contributed by atoms with Crippen LogP contribution in [0.4, 0.5) is 0 Å². The number of benzene rings is 1. The van der Waals surface area contributed by atoms with Crippen LogP contribution in [0.25, 0.3) is 0 Å². The first kappa shape index (κ1) is 10.3. The summed E-state index contributed by atoms with van der Waals surface area (Å²) in [5.41, 5.74) is 2.46. The van der Waals surface area contributed by atoms with Crippen molar-refractivity contribution in [2.45, 2.75) is 32.5 Å². The first-order chi connectivity index (χ1) is 6.27. The zero-order valence-corrected chi connectivity index (χ0v) is 8.33. The lowest BCUT2D eigenvalue weighted by molar-refractivity contribution is 0.568. The van der Waals surface area contributed by atoms with E-state index in [1.165, 1.54) is 18.6 Å². The molecule has 69 valence electrons. The predicted molar refractivity (Wildman–Crippen MR) is 56.8 cm³/mol. The second-order valence-electron chi connectivity index (χ2n) is 3.45. The molecule has 0 aliphatic heterocycles. The van der Waals surface area contributed by atoms with Crippen LogP contribution in [0.2, 0.25) is 0 Å². The molecule has 0 aliphatic rings. The maximum atomic E-state index is 9.05. The molecule has 1 radical (unpaired) electrons. The van der Waals surface area contributed by atoms with Crippen molar-refractivity contribution in [1.82, 2.24) is 0 Å². The molecule has 1 aromatic carbocycles. The minimum atomic E-state index is 0.200. The van der Waals surface area contributed by atoms with E-state index in [1.807, 2.05) is 0 Å². The Kier molecular flexibility index (Phi) is 4.03. The van der Waals surface area contributed by atoms with E-state index in [4.69, 9.17) is 5.02 Å². The summed E-state index contributed by atoms with van der Waals surface area (Å²) in [6.45, 7) is 4.20. The van der Waals surface area contributed by atoms with E-state index in [2.05, 4.69) is 38.1 Å². The van der Waals surface area contributed by atoms with Gasteiger partial charge >= 0.3 is 0 Å². The Hall–Kier alpha value is -0.755. The van der Waals surface area contributed by atoms with Gasteiger partial charge in [-0.15, -0.1) is 0 Å². The zero-order valence-electron chi connectivity index (χ0n) is 8.33. The quantitative estimate of drug-likeness (QED) is 0.696. The minimum Gasteiger partial charge on any atom is -0.454 e. The fourth-order valence-corrected chi connectivity index (χ4v) is 1.45. The Morgan fingerprint density at radius 1 is 1.31 bits per heavy atom. The van der Waals surface area contributed by atoms with Gasteiger partial charge in [0.2, 0.25) is 0 Å². The van der Waals surface area contributed by atoms with Gasteiger partial charge in [0.15, 0.2) is 0 Å². The van der Waals surface area contributed by atoms with Crippen LogP contribution in [0.15, 0.2) is 24.3 Å². The van der Waals surface area contributed by atoms with Gasteiger partial charge in [-0.05, 0) is 12.7 Å². The Morgan fingerprint density at radius 2 is 1.92 bits per heavy atom. The molecule has 1 aromatic rings. The number of hydrogen-bond donors (Lipinski definition) is 1. The second-order valence-corrected chi connectivity index (χ2v) is 3.45. The highest BCUT2D eigenvalue weighted by Gasteiger charge is 2.10. The van der Waals surface area contributed by atoms with Crippen LogP contribution in [0.3, 0.4) is 0 Å². The van der Waals surface area contributed by atoms with Crippen molar-refractivity contribution in [3.05, 3.63) is 35.4 Å². The number of hydrogen-bond acceptors (Lipinski definition) is 1. The molecule has 0 amide bonds. The van der Waals surface area contributed by atoms with Crippen LogP contribution in [0, 0.1) is 6.92 Å². The lowest BCUT2D eigenvalue weighted by Crippen LogP contribution is -2.07. The summed E-state index contributed by atoms with van der Waals surface area (Å²) in [5, 5.41) is 9.05. The van der Waals surface area contributed by atoms with E-state index in [1.54, 1.807) is 0 Å². The summed E-state index contributed by atoms with van der Waals surface area (Å²) < 4.78 is 0. The third kappa shape index (κ3) is 2.89. The van der Waals surface area contributed by atoms with Crippen molar-refractivity contribution in [1.29, 1.82) is 0 Å². The van der Waals surface area contributed by atoms with Crippen LogP contribution in [-0.2, 0) is 0 Å². The molecule has 0 bridgehead atoms. The minimum absolute atomic E-state index is 0.200. The van der Waals surface area contributed by atoms with Gasteiger partial charge in [0.25, 0.3) is 7.48 Å². The summed E-state index contributed by atoms with van der Waals surface area (Å²) in [6.07, 6.45) is 2.11. The maximum Gasteiger partial charge on any atom is 0.295 e. The predicted octanol–water partition coefficient (Wildman–Crippen LogP) is 2.45. The highest BCUT2D eigenvalue weighted by Crippen LogP contribution is 2.19. The smallest absolute Gasteiger partial charge is 0.295 e. The Balaban J connectivity index is 2.73. The lowest BCUT2D eigenvalue weighted by Gasteiger charge is -2.11. The molecule has 0 saturated carbocycles. The van der Waals surface area contributed by atoms with Crippen LogP contribution in [-0.4, -0.2) is 12.5 Å². The van der Waals surface area contributed by atoms with Crippen molar-refractivity contribution in [2.24, 2.45) is 0 Å². The Bertz CT molecular complexity index is 243. The van der Waals surface area contributed by atoms with Crippen molar-refractivity contribution >= 4 is 7.48 Å². The molecule has 1 atom stereocenters. The molecule has 13 heavy (non-hydrogen) atoms. The molecular weight excluding hydrogens is 159 g/mol. The number of rotatable bonds is 4. The van der Waals surface area contributed by atoms with Crippen molar-refractivity contribution < 1.29 is 5.02 Å². The SMILES string of the molecule is CCCC([B]O)c1ccc(C)cc1. The van der Waals surface area contributed by atoms with E-state index < -0.39 is 0 Å². The third-order valence-electron chi connectivity index (χ3n) is 2.29. The Labute approximate surface area is 81.1 Å². The first-order valence-corrected chi connectivity index (χ1v) is 4.82. The van der Waals surface area contributed by atoms with Gasteiger partial charge in [-0.1, -0.05) is 55.2 Å². The zero-order chi connectivity index (χ0) is 9.68. The van der Waals surface area contributed by atoms with Crippen molar-refractivity contribution in [2.75, 3.05) is 0 Å². The fraction of sp³-hybridized carbons (Fsp3) is 0.455. The summed E-state index contributed by atoms with van der Waals surface area (Å²) >= 11 is 0. The normalized spacial score (nSPS) is 12.5. The summed E-state index contributed by atoms with van der Waals surface area (Å²) in [6, 6.07) is 8.34. The highest BCUT2D eigenvalue weighted by atomic mass is 16.2. The standard InChI is InChI=1S/C11H16BO/c1-3-4-11(12-13)10-7-5-9(2)6-8-10/h5-8,11,13H,3-4H2,1-2H3. The monoisotopic (exact) mass is 175 g/mol. The van der Waals surface area contributed by atoms with E-state index >= 15 is 0 Å². The highest BCUT2D eigenvalue weighted by molar-refractivity contribution is 6.28. The fourth-order valence-electron chi connectivity index (χ4n) is 1.45. The molecular formula is C11H16BO. The van der Waals surface area contributed by atoms with Crippen molar-refractivity contribution in [3.8, 4) is 0 Å². The molecule has 2 heteroatoms. The molecule has 0 aliphatic carbocycles. The summed E-state index contributed by atoms with van der Waals surface area (Å²) in [4.78, 5) is 0. The lowest BCUT2D eigenvalue weighted by atomic mass is 9.73. The van der Waals surface area contributed by atoms with Gasteiger partial charge < -0.3 is 5.02 Å². The third-order valence-corrected chi connectivity index (χ3v) is 2.29. The van der Waals surface area contributed by atoms with Gasteiger partial charge in [-0.2, -0.15) is 0 Å². The molecule has 0 aromatic heterocycles. The van der Waals surface area contributed by atoms with E-state index in [-0.39, 0.29) is 5.82 Å². The maximum absolute atomic E-state index is 9.05. The van der Waals surface area contributed by atoms with Gasteiger partial charge in [-0.3, -0.25) is 0 Å². The molecule has 1 nitrogen and oxygen atoms in total. The van der Waals surface area contributed by atoms with Gasteiger partial charge in [0.05, 0.1) is 0 Å². The molecule has 1 rings (SSSR count). The van der Waals surface area contributed by atoms with Gasteiger partial charge in [0, 0.05) is 0 Å². The Morgan fingerprint density at radius 3 is 2.38 bits per heavy atom. The van der Waals surface area contributed by atoms with Crippen molar-refractivity contribution in [3.63, 3.8) is 0 Å². The largest absolute Gasteiger partial charge is 0.454 e. The summed E-state index contributed by atoms with van der Waals surface area (Å²) in [7, 11) is 1.30. The molecule has 0 spiro atoms. The first-order valence-electron chi connectivity index (χ1n) is 4.82. The van der Waals surface area contributed by atoms with E-state index in [0.717, 1.165) is 12.8 Å². The second kappa shape index (κ2) is 5.08. The topological polar surface area (TPSA) is 20.2 Å². The molecule has 0 saturated heterocycles. The average Bonchev–Trinajstić information content (AvgIpc) is 2.16. The number of aryl methyl sites for hydroxylation is 1. The molecule has 0 heterocycles. The van der Waals surface area contributed by atoms with Crippen LogP contribution < -0.4 is 0 Å². The molecule has 1 unspecified atom stereocenters.